The van der Waals surface area contributed by atoms with Crippen LogP contribution in [0.5, 0.6) is 5.75 Å². The number of aromatic hydroxyl groups is 1. The van der Waals surface area contributed by atoms with E-state index in [0.717, 1.165) is 0 Å². The van der Waals surface area contributed by atoms with E-state index >= 15 is 0 Å². The molecule has 1 rings (SSSR count). The Kier molecular flexibility index (Phi) is 1.61. The van der Waals surface area contributed by atoms with Crippen molar-refractivity contribution in [3.8, 4) is 11.8 Å². The van der Waals surface area contributed by atoms with E-state index in [9.17, 15) is 5.11 Å². The Hall–Kier alpha value is -1.53. The van der Waals surface area contributed by atoms with E-state index in [4.69, 9.17) is 9.37 Å². The molecule has 0 radical (unpaired) electrons. The van der Waals surface area contributed by atoms with Gasteiger partial charge in [-0.2, -0.15) is 5.26 Å². The number of phenolic OH excluding ortho intramolecular Hbond substituents is 1. The molecule has 0 amide bonds. The molecular formula is C9H9NO2. The molecule has 3 heteroatoms. The summed E-state index contributed by atoms with van der Waals surface area (Å²) in [6.07, 6.45) is 0. The Bertz CT molecular complexity index is 395. The summed E-state index contributed by atoms with van der Waals surface area (Å²) in [6.45, 7) is -0.129. The van der Waals surface area contributed by atoms with Crippen molar-refractivity contribution in [3.63, 3.8) is 0 Å². The first kappa shape index (κ1) is 5.18. The van der Waals surface area contributed by atoms with Crippen LogP contribution >= 0.6 is 0 Å². The maximum absolute atomic E-state index is 9.30. The second-order valence-electron chi connectivity index (χ2n) is 2.25. The van der Waals surface area contributed by atoms with Crippen LogP contribution in [0.15, 0.2) is 18.2 Å². The molecule has 0 aliphatic rings. The normalized spacial score (nSPS) is 14.1. The highest BCUT2D eigenvalue weighted by molar-refractivity contribution is 5.44. The van der Waals surface area contributed by atoms with Crippen LogP contribution in [-0.4, -0.2) is 12.1 Å². The van der Waals surface area contributed by atoms with E-state index < -0.39 is 7.04 Å². The van der Waals surface area contributed by atoms with E-state index in [1.54, 1.807) is 6.07 Å². The fourth-order valence-electron chi connectivity index (χ4n) is 0.845. The molecule has 0 bridgehead atoms. The lowest BCUT2D eigenvalue weighted by atomic mass is 10.1. The molecular weight excluding hydrogens is 154 g/mol. The van der Waals surface area contributed by atoms with Gasteiger partial charge in [0.25, 0.3) is 0 Å². The summed E-state index contributed by atoms with van der Waals surface area (Å²) < 4.78 is 25.0. The minimum atomic E-state index is -2.45. The number of ether oxygens (including phenoxy) is 1. The molecule has 0 saturated heterocycles. The molecule has 0 heterocycles. The zero-order valence-electron chi connectivity index (χ0n) is 9.24. The highest BCUT2D eigenvalue weighted by atomic mass is 16.5. The van der Waals surface area contributed by atoms with Crippen LogP contribution in [0.25, 0.3) is 0 Å². The topological polar surface area (TPSA) is 53.2 Å². The molecule has 0 aliphatic carbocycles. The van der Waals surface area contributed by atoms with Gasteiger partial charge in [-0.05, 0) is 17.7 Å². The Balaban J connectivity index is 2.73. The minimum absolute atomic E-state index is 0.129. The SMILES string of the molecule is [2H]C([2H])([2H])OCc1ccc(C#N)c(O)c1. The second kappa shape index (κ2) is 3.74. The van der Waals surface area contributed by atoms with Crippen LogP contribution in [-0.2, 0) is 11.3 Å². The van der Waals surface area contributed by atoms with Gasteiger partial charge >= 0.3 is 0 Å². The Labute approximate surface area is 75.0 Å². The Morgan fingerprint density at radius 2 is 2.58 bits per heavy atom. The first-order valence-corrected chi connectivity index (χ1v) is 3.28. The molecule has 3 nitrogen and oxygen atoms in total. The van der Waals surface area contributed by atoms with E-state index in [2.05, 4.69) is 4.74 Å². The van der Waals surface area contributed by atoms with Gasteiger partial charge in [-0.25, -0.2) is 0 Å². The number of nitrogens with zero attached hydrogens (tertiary/aromatic N) is 1. The van der Waals surface area contributed by atoms with Gasteiger partial charge in [-0.1, -0.05) is 6.07 Å². The highest BCUT2D eigenvalue weighted by Crippen LogP contribution is 2.17. The standard InChI is InChI=1S/C9H9NO2/c1-12-6-7-2-3-8(5-10)9(11)4-7/h2-4,11H,6H2,1H3/i1D3. The predicted octanol–water partition coefficient (Wildman–Crippen LogP) is 1.41. The van der Waals surface area contributed by atoms with Crippen molar-refractivity contribution in [2.75, 3.05) is 7.04 Å². The van der Waals surface area contributed by atoms with Crippen LogP contribution < -0.4 is 0 Å². The summed E-state index contributed by atoms with van der Waals surface area (Å²) in [7, 11) is -2.45. The largest absolute Gasteiger partial charge is 0.507 e. The fourth-order valence-corrected chi connectivity index (χ4v) is 0.845. The average Bonchev–Trinajstić information content (AvgIpc) is 2.14. The van der Waals surface area contributed by atoms with E-state index in [0.29, 0.717) is 5.56 Å². The summed E-state index contributed by atoms with van der Waals surface area (Å²) in [5.41, 5.74) is 0.648. The molecule has 1 aromatic carbocycles. The van der Waals surface area contributed by atoms with Crippen LogP contribution in [0.1, 0.15) is 15.2 Å². The molecule has 1 aromatic rings. The number of rotatable bonds is 2. The van der Waals surface area contributed by atoms with Gasteiger partial charge in [0.2, 0.25) is 0 Å². The van der Waals surface area contributed by atoms with Gasteiger partial charge in [0.05, 0.1) is 16.3 Å². The zero-order chi connectivity index (χ0) is 11.5. The van der Waals surface area contributed by atoms with Gasteiger partial charge in [-0.3, -0.25) is 0 Å². The van der Waals surface area contributed by atoms with Gasteiger partial charge < -0.3 is 9.84 Å². The van der Waals surface area contributed by atoms with Gasteiger partial charge in [0.1, 0.15) is 11.8 Å². The van der Waals surface area contributed by atoms with Crippen molar-refractivity contribution in [3.05, 3.63) is 29.3 Å². The molecule has 0 saturated carbocycles. The van der Waals surface area contributed by atoms with E-state index in [1.165, 1.54) is 18.2 Å². The second-order valence-corrected chi connectivity index (χ2v) is 2.25. The monoisotopic (exact) mass is 166 g/mol. The molecule has 62 valence electrons. The molecule has 0 spiro atoms. The molecule has 0 unspecified atom stereocenters. The lowest BCUT2D eigenvalue weighted by Crippen LogP contribution is -1.87. The number of hydrogen-bond donors (Lipinski definition) is 1. The lowest BCUT2D eigenvalue weighted by Gasteiger charge is -2.00. The minimum Gasteiger partial charge on any atom is -0.507 e. The quantitative estimate of drug-likeness (QED) is 0.722. The molecule has 0 fully saturated rings. The average molecular weight is 166 g/mol. The van der Waals surface area contributed by atoms with Crippen molar-refractivity contribution in [1.29, 1.82) is 5.26 Å². The molecule has 0 atom stereocenters. The smallest absolute Gasteiger partial charge is 0.133 e. The maximum atomic E-state index is 9.30. The van der Waals surface area contributed by atoms with Crippen molar-refractivity contribution in [2.24, 2.45) is 0 Å². The molecule has 0 aromatic heterocycles. The van der Waals surface area contributed by atoms with Crippen molar-refractivity contribution in [2.45, 2.75) is 6.61 Å². The van der Waals surface area contributed by atoms with Gasteiger partial charge in [0, 0.05) is 7.04 Å². The lowest BCUT2D eigenvalue weighted by molar-refractivity contribution is 0.184. The maximum Gasteiger partial charge on any atom is 0.133 e. The van der Waals surface area contributed by atoms with Crippen LogP contribution in [0, 0.1) is 11.3 Å². The number of benzene rings is 1. The van der Waals surface area contributed by atoms with Gasteiger partial charge in [-0.15, -0.1) is 0 Å². The molecule has 0 aliphatic heterocycles. The summed E-state index contributed by atoms with van der Waals surface area (Å²) in [6, 6.07) is 6.04. The summed E-state index contributed by atoms with van der Waals surface area (Å²) in [5, 5.41) is 17.8. The number of phenols is 1. The molecule has 12 heavy (non-hydrogen) atoms. The van der Waals surface area contributed by atoms with E-state index in [1.807, 2.05) is 0 Å². The first-order valence-electron chi connectivity index (χ1n) is 4.78. The Morgan fingerprint density at radius 1 is 1.75 bits per heavy atom. The van der Waals surface area contributed by atoms with Gasteiger partial charge in [0.15, 0.2) is 0 Å². The highest BCUT2D eigenvalue weighted by Gasteiger charge is 2.00. The fraction of sp³-hybridized carbons (Fsp3) is 0.222. The third-order valence-electron chi connectivity index (χ3n) is 1.42. The molecule has 1 N–H and O–H groups in total. The zero-order valence-corrected chi connectivity index (χ0v) is 6.24. The number of nitriles is 1. The third kappa shape index (κ3) is 1.74. The van der Waals surface area contributed by atoms with E-state index in [-0.39, 0.29) is 17.9 Å². The summed E-state index contributed by atoms with van der Waals surface area (Å²) >= 11 is 0. The predicted molar refractivity (Wildman–Crippen MR) is 43.5 cm³/mol. The third-order valence-corrected chi connectivity index (χ3v) is 1.42. The Morgan fingerprint density at radius 3 is 3.17 bits per heavy atom. The van der Waals surface area contributed by atoms with Crippen LogP contribution in [0.4, 0.5) is 0 Å². The van der Waals surface area contributed by atoms with Crippen molar-refractivity contribution < 1.29 is 14.0 Å². The first-order chi connectivity index (χ1) is 6.92. The number of methoxy groups -OCH3 is 1. The van der Waals surface area contributed by atoms with Crippen molar-refractivity contribution >= 4 is 0 Å². The summed E-state index contributed by atoms with van der Waals surface area (Å²) in [5.74, 6) is -0.177. The van der Waals surface area contributed by atoms with Crippen LogP contribution in [0.2, 0.25) is 0 Å². The number of hydrogen-bond acceptors (Lipinski definition) is 3. The van der Waals surface area contributed by atoms with Crippen molar-refractivity contribution in [1.82, 2.24) is 0 Å². The summed E-state index contributed by atoms with van der Waals surface area (Å²) in [4.78, 5) is 0. The van der Waals surface area contributed by atoms with Crippen LogP contribution in [0.3, 0.4) is 0 Å².